The van der Waals surface area contributed by atoms with Gasteiger partial charge in [0.2, 0.25) is 0 Å². The van der Waals surface area contributed by atoms with E-state index in [1.54, 1.807) is 0 Å². The molecule has 1 saturated heterocycles. The predicted molar refractivity (Wildman–Crippen MR) is 122 cm³/mol. The Morgan fingerprint density at radius 3 is 2.47 bits per heavy atom. The second-order valence-corrected chi connectivity index (χ2v) is 8.00. The second-order valence-electron chi connectivity index (χ2n) is 8.00. The van der Waals surface area contributed by atoms with E-state index in [-0.39, 0.29) is 0 Å². The van der Waals surface area contributed by atoms with Crippen molar-refractivity contribution in [2.75, 3.05) is 19.7 Å². The Morgan fingerprint density at radius 1 is 1.03 bits per heavy atom. The minimum Gasteiger partial charge on any atom is -0.396 e. The normalized spacial score (nSPS) is 15.7. The Morgan fingerprint density at radius 2 is 1.81 bits per heavy atom. The number of rotatable bonds is 7. The van der Waals surface area contributed by atoms with E-state index in [4.69, 9.17) is 4.84 Å². The summed E-state index contributed by atoms with van der Waals surface area (Å²) in [6.07, 6.45) is 4.12. The van der Waals surface area contributed by atoms with Gasteiger partial charge < -0.3 is 4.84 Å². The number of hydrogen-bond donors (Lipinski definition) is 0. The smallest absolute Gasteiger partial charge is 0.159 e. The highest BCUT2D eigenvalue weighted by atomic mass is 19.2. The quantitative estimate of drug-likeness (QED) is 0.362. The van der Waals surface area contributed by atoms with E-state index in [1.807, 2.05) is 25.3 Å². The Bertz CT molecular complexity index is 1050. The third-order valence-electron chi connectivity index (χ3n) is 5.81. The number of piperidine rings is 1. The molecular weight excluding hydrogens is 408 g/mol. The number of aromatic nitrogens is 1. The molecule has 0 saturated carbocycles. The van der Waals surface area contributed by atoms with Gasteiger partial charge in [0.25, 0.3) is 0 Å². The Labute approximate surface area is 187 Å². The molecule has 0 spiro atoms. The molecule has 0 unspecified atom stereocenters. The average Bonchev–Trinajstić information content (AvgIpc) is 2.83. The Balaban J connectivity index is 1.42. The Kier molecular flexibility index (Phi) is 7.22. The SMILES string of the molecule is CCO/N=C(\c1ccc(F)c(F)c1)c1ccc(CN2CCC(c3ccccc3)CC2)cn1. The van der Waals surface area contributed by atoms with Gasteiger partial charge in [-0.3, -0.25) is 9.88 Å². The van der Waals surface area contributed by atoms with E-state index in [1.165, 1.54) is 11.6 Å². The highest BCUT2D eigenvalue weighted by Crippen LogP contribution is 2.28. The largest absolute Gasteiger partial charge is 0.396 e. The molecule has 0 radical (unpaired) electrons. The van der Waals surface area contributed by atoms with Gasteiger partial charge in [-0.2, -0.15) is 0 Å². The lowest BCUT2D eigenvalue weighted by Gasteiger charge is -2.32. The third-order valence-corrected chi connectivity index (χ3v) is 5.81. The van der Waals surface area contributed by atoms with Gasteiger partial charge in [-0.25, -0.2) is 8.78 Å². The molecule has 1 fully saturated rings. The van der Waals surface area contributed by atoms with E-state index in [2.05, 4.69) is 45.4 Å². The first-order valence-electron chi connectivity index (χ1n) is 11.0. The summed E-state index contributed by atoms with van der Waals surface area (Å²) >= 11 is 0. The monoisotopic (exact) mass is 435 g/mol. The van der Waals surface area contributed by atoms with Crippen LogP contribution in [0.1, 0.15) is 48.1 Å². The van der Waals surface area contributed by atoms with Gasteiger partial charge in [0, 0.05) is 18.3 Å². The van der Waals surface area contributed by atoms with Crippen molar-refractivity contribution in [2.45, 2.75) is 32.2 Å². The number of pyridine rings is 1. The summed E-state index contributed by atoms with van der Waals surface area (Å²) in [7, 11) is 0. The molecule has 32 heavy (non-hydrogen) atoms. The molecule has 3 aromatic rings. The van der Waals surface area contributed by atoms with Crippen molar-refractivity contribution < 1.29 is 13.6 Å². The zero-order valence-corrected chi connectivity index (χ0v) is 18.2. The first kappa shape index (κ1) is 22.1. The van der Waals surface area contributed by atoms with Crippen LogP contribution in [-0.2, 0) is 11.4 Å². The fraction of sp³-hybridized carbons (Fsp3) is 0.308. The van der Waals surface area contributed by atoms with Crippen LogP contribution in [0.3, 0.4) is 0 Å². The van der Waals surface area contributed by atoms with Gasteiger partial charge >= 0.3 is 0 Å². The van der Waals surface area contributed by atoms with Crippen LogP contribution in [-0.4, -0.2) is 35.3 Å². The standard InChI is InChI=1S/C26H27F2N3O/c1-2-32-30-26(22-9-10-23(27)24(28)16-22)25-11-8-19(17-29-25)18-31-14-12-21(13-15-31)20-6-4-3-5-7-20/h3-11,16-17,21H,2,12-15,18H2,1H3/b30-26+. The van der Waals surface area contributed by atoms with Gasteiger partial charge in [0.1, 0.15) is 12.3 Å². The first-order valence-corrected chi connectivity index (χ1v) is 11.0. The summed E-state index contributed by atoms with van der Waals surface area (Å²) in [5, 5.41) is 4.09. The number of nitrogens with zero attached hydrogens (tertiary/aromatic N) is 3. The molecule has 1 aromatic heterocycles. The fourth-order valence-corrected chi connectivity index (χ4v) is 4.09. The summed E-state index contributed by atoms with van der Waals surface area (Å²) < 4.78 is 27.1. The number of halogens is 2. The highest BCUT2D eigenvalue weighted by Gasteiger charge is 2.20. The van der Waals surface area contributed by atoms with Gasteiger partial charge in [-0.05, 0) is 74.2 Å². The second kappa shape index (κ2) is 10.5. The third kappa shape index (κ3) is 5.37. The summed E-state index contributed by atoms with van der Waals surface area (Å²) in [4.78, 5) is 12.2. The van der Waals surface area contributed by atoms with Crippen molar-refractivity contribution in [3.05, 3.63) is 101 Å². The van der Waals surface area contributed by atoms with Crippen molar-refractivity contribution in [2.24, 2.45) is 5.16 Å². The maximum atomic E-state index is 13.7. The van der Waals surface area contributed by atoms with Crippen LogP contribution in [0.5, 0.6) is 0 Å². The van der Waals surface area contributed by atoms with Crippen LogP contribution in [0.15, 0.2) is 72.0 Å². The van der Waals surface area contributed by atoms with Crippen molar-refractivity contribution in [3.63, 3.8) is 0 Å². The average molecular weight is 436 g/mol. The van der Waals surface area contributed by atoms with Crippen LogP contribution < -0.4 is 0 Å². The van der Waals surface area contributed by atoms with E-state index >= 15 is 0 Å². The molecule has 6 heteroatoms. The first-order chi connectivity index (χ1) is 15.6. The summed E-state index contributed by atoms with van der Waals surface area (Å²) in [5.41, 5.74) is 3.88. The van der Waals surface area contributed by atoms with Crippen LogP contribution >= 0.6 is 0 Å². The maximum Gasteiger partial charge on any atom is 0.159 e. The zero-order chi connectivity index (χ0) is 22.3. The number of oxime groups is 1. The van der Waals surface area contributed by atoms with Gasteiger partial charge in [-0.15, -0.1) is 0 Å². The fourth-order valence-electron chi connectivity index (χ4n) is 4.09. The van der Waals surface area contributed by atoms with Crippen LogP contribution in [0, 0.1) is 11.6 Å². The molecule has 0 atom stereocenters. The summed E-state index contributed by atoms with van der Waals surface area (Å²) in [6.45, 7) is 5.10. The van der Waals surface area contributed by atoms with Gasteiger partial charge in [0.05, 0.1) is 5.69 Å². The molecule has 0 aliphatic carbocycles. The van der Waals surface area contributed by atoms with Gasteiger partial charge in [-0.1, -0.05) is 41.6 Å². The zero-order valence-electron chi connectivity index (χ0n) is 18.2. The minimum atomic E-state index is -0.928. The van der Waals surface area contributed by atoms with E-state index in [0.717, 1.165) is 50.2 Å². The molecule has 0 amide bonds. The van der Waals surface area contributed by atoms with Crippen molar-refractivity contribution >= 4 is 5.71 Å². The van der Waals surface area contributed by atoms with Crippen molar-refractivity contribution in [1.29, 1.82) is 0 Å². The summed E-state index contributed by atoms with van der Waals surface area (Å²) in [6, 6.07) is 18.2. The van der Waals surface area contributed by atoms with Gasteiger partial charge in [0.15, 0.2) is 11.6 Å². The predicted octanol–water partition coefficient (Wildman–Crippen LogP) is 5.53. The lowest BCUT2D eigenvalue weighted by molar-refractivity contribution is 0.159. The lowest BCUT2D eigenvalue weighted by atomic mass is 9.89. The molecule has 4 nitrogen and oxygen atoms in total. The molecule has 166 valence electrons. The molecule has 4 rings (SSSR count). The van der Waals surface area contributed by atoms with Crippen molar-refractivity contribution in [1.82, 2.24) is 9.88 Å². The molecule has 2 heterocycles. The molecule has 0 N–H and O–H groups in total. The number of benzene rings is 2. The number of hydrogen-bond acceptors (Lipinski definition) is 4. The van der Waals surface area contributed by atoms with Crippen LogP contribution in [0.25, 0.3) is 0 Å². The van der Waals surface area contributed by atoms with E-state index < -0.39 is 11.6 Å². The molecular formula is C26H27F2N3O. The maximum absolute atomic E-state index is 13.7. The highest BCUT2D eigenvalue weighted by molar-refractivity contribution is 6.11. The lowest BCUT2D eigenvalue weighted by Crippen LogP contribution is -2.32. The topological polar surface area (TPSA) is 37.7 Å². The van der Waals surface area contributed by atoms with Crippen LogP contribution in [0.4, 0.5) is 8.78 Å². The van der Waals surface area contributed by atoms with Crippen molar-refractivity contribution in [3.8, 4) is 0 Å². The molecule has 0 bridgehead atoms. The molecule has 2 aromatic carbocycles. The van der Waals surface area contributed by atoms with E-state index in [9.17, 15) is 8.78 Å². The van der Waals surface area contributed by atoms with Crippen LogP contribution in [0.2, 0.25) is 0 Å². The summed E-state index contributed by atoms with van der Waals surface area (Å²) in [5.74, 6) is -1.20. The molecule has 1 aliphatic heterocycles. The Hall–Kier alpha value is -3.12. The number of likely N-dealkylation sites (tertiary alicyclic amines) is 1. The van der Waals surface area contributed by atoms with E-state index in [0.29, 0.717) is 29.5 Å². The molecule has 1 aliphatic rings. The minimum absolute atomic E-state index is 0.365.